The molecule has 0 aromatic heterocycles. The van der Waals surface area contributed by atoms with Crippen molar-refractivity contribution in [3.8, 4) is 12.3 Å². The van der Waals surface area contributed by atoms with E-state index >= 15 is 0 Å². The van der Waals surface area contributed by atoms with Crippen molar-refractivity contribution in [3.05, 3.63) is 0 Å². The second-order valence-electron chi connectivity index (χ2n) is 14.8. The third-order valence-electron chi connectivity index (χ3n) is 11.2. The molecule has 0 aromatic rings. The SMILES string of the molecule is C#C[C@]1(O)[C@H](C)C[C@@](C)(OC)[C@H](O[C@@H]2O[C@H](C)C[C@H](N(C)C)[C@H]2OC(C)=O)[C@@H](C)[C@H](O)[C@@H](C)C(=O)OC(CC)[C@@]2(C)OC(=O)N[C@@H]2[C@H]1C. The van der Waals surface area contributed by atoms with Crippen LogP contribution in [-0.2, 0) is 38.0 Å². The van der Waals surface area contributed by atoms with E-state index in [1.54, 1.807) is 48.5 Å². The van der Waals surface area contributed by atoms with E-state index < -0.39 is 95.3 Å². The minimum atomic E-state index is -1.83. The summed E-state index contributed by atoms with van der Waals surface area (Å²) in [4.78, 5) is 40.7. The van der Waals surface area contributed by atoms with Crippen LogP contribution in [0.25, 0.3) is 0 Å². The van der Waals surface area contributed by atoms with E-state index in [1.807, 2.05) is 25.9 Å². The molecule has 3 aliphatic rings. The third kappa shape index (κ3) is 7.64. The zero-order valence-electron chi connectivity index (χ0n) is 30.6. The van der Waals surface area contributed by atoms with Crippen molar-refractivity contribution < 1.29 is 53.0 Å². The first-order valence-electron chi connectivity index (χ1n) is 17.0. The number of methoxy groups -OCH3 is 1. The van der Waals surface area contributed by atoms with Crippen molar-refractivity contribution in [3.63, 3.8) is 0 Å². The van der Waals surface area contributed by atoms with E-state index in [1.165, 1.54) is 14.0 Å². The number of terminal acetylenes is 1. The molecule has 3 rings (SSSR count). The van der Waals surface area contributed by atoms with Gasteiger partial charge in [0.1, 0.15) is 11.7 Å². The lowest BCUT2D eigenvalue weighted by molar-refractivity contribution is -0.304. The fraction of sp³-hybridized carbons (Fsp3) is 0.857. The first kappa shape index (κ1) is 40.0. The molecule has 274 valence electrons. The summed E-state index contributed by atoms with van der Waals surface area (Å²) < 4.78 is 36.8. The summed E-state index contributed by atoms with van der Waals surface area (Å²) in [6.07, 6.45) is 0.910. The number of nitrogens with zero attached hydrogens (tertiary/aromatic N) is 1. The minimum Gasteiger partial charge on any atom is -0.458 e. The lowest BCUT2D eigenvalue weighted by atomic mass is 9.66. The second kappa shape index (κ2) is 15.2. The van der Waals surface area contributed by atoms with Gasteiger partial charge in [-0.05, 0) is 67.0 Å². The number of likely N-dealkylation sites (N-methyl/N-ethyl adjacent to an activating group) is 1. The van der Waals surface area contributed by atoms with Crippen LogP contribution in [0.1, 0.15) is 81.6 Å². The number of esters is 2. The Bertz CT molecular complexity index is 1210. The molecule has 3 saturated heterocycles. The Balaban J connectivity index is 2.20. The van der Waals surface area contributed by atoms with E-state index in [9.17, 15) is 24.6 Å². The van der Waals surface area contributed by atoms with Gasteiger partial charge in [-0.2, -0.15) is 0 Å². The third-order valence-corrected chi connectivity index (χ3v) is 11.2. The highest BCUT2D eigenvalue weighted by molar-refractivity contribution is 5.74. The fourth-order valence-electron chi connectivity index (χ4n) is 8.06. The Morgan fingerprint density at radius 2 is 1.79 bits per heavy atom. The average Bonchev–Trinajstić information content (AvgIpc) is 3.34. The molecule has 1 amide bonds. The number of rotatable bonds is 6. The summed E-state index contributed by atoms with van der Waals surface area (Å²) in [5, 5.41) is 26.9. The number of carbonyl (C=O) groups excluding carboxylic acids is 3. The van der Waals surface area contributed by atoms with Crippen LogP contribution in [0.5, 0.6) is 0 Å². The molecule has 3 heterocycles. The maximum atomic E-state index is 13.7. The van der Waals surface area contributed by atoms with Gasteiger partial charge < -0.3 is 48.9 Å². The first-order valence-corrected chi connectivity index (χ1v) is 17.0. The molecule has 1 unspecified atom stereocenters. The van der Waals surface area contributed by atoms with Crippen molar-refractivity contribution in [2.75, 3.05) is 21.2 Å². The normalized spacial score (nSPS) is 46.0. The predicted molar refractivity (Wildman–Crippen MR) is 175 cm³/mol. The van der Waals surface area contributed by atoms with Crippen LogP contribution in [0, 0.1) is 36.0 Å². The van der Waals surface area contributed by atoms with Crippen LogP contribution in [0.2, 0.25) is 0 Å². The monoisotopic (exact) mass is 682 g/mol. The first-order chi connectivity index (χ1) is 22.2. The Hall–Kier alpha value is -2.47. The molecule has 0 saturated carbocycles. The van der Waals surface area contributed by atoms with Crippen LogP contribution < -0.4 is 5.32 Å². The Morgan fingerprint density at radius 3 is 2.31 bits per heavy atom. The molecule has 0 spiro atoms. The summed E-state index contributed by atoms with van der Waals surface area (Å²) in [7, 11) is 5.25. The van der Waals surface area contributed by atoms with Crippen molar-refractivity contribution in [1.82, 2.24) is 10.2 Å². The summed E-state index contributed by atoms with van der Waals surface area (Å²) in [5.41, 5.74) is -4.47. The standard InChI is InChI=1S/C35H58N2O11/c1-14-25-34(10)28(36-32(41)48-34)22(7)35(42,15-2)18(3)17-33(9,43-13)29(20(5)26(39)21(6)30(40)46-25)47-31-27(45-23(8)38)24(37(11)12)16-19(4)44-31/h2,18-22,24-29,31,39,42H,14,16-17H2,1,3-13H3,(H,36,41)/t18-,19-,20+,21-,22-,24+,25?,26+,27-,28-,29-,31+,33-,34-,35+/m1/s1. The molecule has 0 aromatic carbocycles. The summed E-state index contributed by atoms with van der Waals surface area (Å²) in [5.74, 6) is -1.93. The fourth-order valence-corrected chi connectivity index (χ4v) is 8.06. The molecule has 3 aliphatic heterocycles. The van der Waals surface area contributed by atoms with Crippen LogP contribution in [-0.4, -0.2) is 120 Å². The van der Waals surface area contributed by atoms with Gasteiger partial charge in [-0.3, -0.25) is 9.59 Å². The molecule has 0 radical (unpaired) electrons. The molecular formula is C35H58N2O11. The average molecular weight is 683 g/mol. The molecular weight excluding hydrogens is 624 g/mol. The predicted octanol–water partition coefficient (Wildman–Crippen LogP) is 2.64. The highest BCUT2D eigenvalue weighted by Crippen LogP contribution is 2.45. The van der Waals surface area contributed by atoms with Crippen molar-refractivity contribution in [2.24, 2.45) is 23.7 Å². The van der Waals surface area contributed by atoms with Gasteiger partial charge in [-0.1, -0.05) is 33.6 Å². The minimum absolute atomic E-state index is 0.113. The number of nitrogens with one attached hydrogen (secondary N) is 1. The van der Waals surface area contributed by atoms with Gasteiger partial charge in [0.25, 0.3) is 0 Å². The number of fused-ring (bicyclic) bond motifs is 1. The summed E-state index contributed by atoms with van der Waals surface area (Å²) in [6, 6.07) is -1.10. The number of aliphatic hydroxyl groups excluding tert-OH is 1. The molecule has 0 aliphatic carbocycles. The lowest BCUT2D eigenvalue weighted by Gasteiger charge is -2.50. The molecule has 13 heteroatoms. The van der Waals surface area contributed by atoms with E-state index in [2.05, 4.69) is 11.2 Å². The maximum absolute atomic E-state index is 13.7. The number of cyclic esters (lactones) is 1. The molecule has 15 atom stereocenters. The molecule has 3 N–H and O–H groups in total. The number of ether oxygens (including phenoxy) is 6. The van der Waals surface area contributed by atoms with Crippen molar-refractivity contribution in [2.45, 2.75) is 147 Å². The highest BCUT2D eigenvalue weighted by atomic mass is 16.7. The summed E-state index contributed by atoms with van der Waals surface area (Å²) in [6.45, 7) is 15.2. The number of alkyl carbamates (subject to hydrolysis) is 1. The van der Waals surface area contributed by atoms with Gasteiger partial charge in [-0.25, -0.2) is 4.79 Å². The smallest absolute Gasteiger partial charge is 0.408 e. The van der Waals surface area contributed by atoms with E-state index in [0.717, 1.165) is 0 Å². The highest BCUT2D eigenvalue weighted by Gasteiger charge is 2.60. The van der Waals surface area contributed by atoms with Crippen LogP contribution in [0.3, 0.4) is 0 Å². The molecule has 0 bridgehead atoms. The van der Waals surface area contributed by atoms with E-state index in [4.69, 9.17) is 34.8 Å². The number of hydrogen-bond donors (Lipinski definition) is 3. The molecule has 3 fully saturated rings. The van der Waals surface area contributed by atoms with Gasteiger partial charge >= 0.3 is 18.0 Å². The summed E-state index contributed by atoms with van der Waals surface area (Å²) >= 11 is 0. The zero-order chi connectivity index (χ0) is 36.5. The largest absolute Gasteiger partial charge is 0.458 e. The van der Waals surface area contributed by atoms with Gasteiger partial charge in [0.15, 0.2) is 18.0 Å². The van der Waals surface area contributed by atoms with Crippen LogP contribution in [0.4, 0.5) is 4.79 Å². The second-order valence-corrected chi connectivity index (χ2v) is 14.8. The Kier molecular flexibility index (Phi) is 12.6. The number of hydrogen-bond acceptors (Lipinski definition) is 12. The molecule has 13 nitrogen and oxygen atoms in total. The number of carbonyl (C=O) groups is 3. The van der Waals surface area contributed by atoms with Gasteiger partial charge in [-0.15, -0.1) is 6.42 Å². The number of amides is 1. The Morgan fingerprint density at radius 1 is 1.17 bits per heavy atom. The molecule has 48 heavy (non-hydrogen) atoms. The quantitative estimate of drug-likeness (QED) is 0.214. The lowest BCUT2D eigenvalue weighted by Crippen LogP contribution is -2.63. The van der Waals surface area contributed by atoms with Crippen molar-refractivity contribution >= 4 is 18.0 Å². The van der Waals surface area contributed by atoms with Crippen molar-refractivity contribution in [1.29, 1.82) is 0 Å². The van der Waals surface area contributed by atoms with Gasteiger partial charge in [0, 0.05) is 25.9 Å². The van der Waals surface area contributed by atoms with E-state index in [0.29, 0.717) is 6.42 Å². The number of aliphatic hydroxyl groups is 2. The maximum Gasteiger partial charge on any atom is 0.408 e. The van der Waals surface area contributed by atoms with E-state index in [-0.39, 0.29) is 25.0 Å². The van der Waals surface area contributed by atoms with Gasteiger partial charge in [0.2, 0.25) is 0 Å². The van der Waals surface area contributed by atoms with Crippen LogP contribution in [0.15, 0.2) is 0 Å². The van der Waals surface area contributed by atoms with Crippen LogP contribution >= 0.6 is 0 Å². The zero-order valence-corrected chi connectivity index (χ0v) is 30.6. The van der Waals surface area contributed by atoms with Gasteiger partial charge in [0.05, 0.1) is 41.9 Å². The topological polar surface area (TPSA) is 162 Å². The Labute approximate surface area is 285 Å².